The number of aromatic nitrogens is 4. The van der Waals surface area contributed by atoms with Crippen molar-refractivity contribution in [2.24, 2.45) is 0 Å². The summed E-state index contributed by atoms with van der Waals surface area (Å²) in [4.78, 5) is 83.9. The predicted molar refractivity (Wildman–Crippen MR) is 250 cm³/mol. The maximum absolute atomic E-state index is 12.7. The van der Waals surface area contributed by atoms with E-state index < -0.39 is 40.3 Å². The standard InChI is InChI=1S/C16H12F3N5O3.C13H11N3O4.C3H3Br3O.C3H3BrO2.C2H4O2.H3N.Na.2H2O/c1-20-11-3-2-9(7-13(11)24(25)26)27-10-4-5-21-12(6-10)15-22-8-14(23-15)16(17,18)19;1-14-12-3-2-10(7-13(12)16(18)19)20-11-4-5-15-9(6-11)8-17;1-2(7)3(4,5)6;1-2(5)3(4)6;1-2(3)4;;;;/h2-8,20H,1H3,(H,22,23);2-8,14H,1H3;1H3;1H3;1H3,(H,3,4);1H3;;2*1H2/q;;;;;;+1;;/p-1. The first-order valence-corrected chi connectivity index (χ1v) is 20.1. The Hall–Kier alpha value is -5.31. The Kier molecular flexibility index (Phi) is 33.8. The second-order valence-corrected chi connectivity index (χ2v) is 19.0. The Morgan fingerprint density at radius 2 is 1.13 bits per heavy atom. The van der Waals surface area contributed by atoms with Gasteiger partial charge in [0.25, 0.3) is 16.1 Å². The molecule has 0 radical (unpaired) electrons. The first-order valence-electron chi connectivity index (χ1n) is 17.0. The molecule has 0 bridgehead atoms. The number of nitrogens with zero attached hydrogens (tertiary/aromatic N) is 5. The van der Waals surface area contributed by atoms with Gasteiger partial charge in [-0.15, -0.1) is 0 Å². The zero-order valence-corrected chi connectivity index (χ0v) is 44.4. The SMILES string of the molecule is CC(=O)C(=O)Br.CC(=O)C(Br)(Br)Br.CC(=O)[O-].CNc1ccc(Oc2ccnc(-c3ncc(C(F)(F)F)[nH]3)c2)cc1[N+](=O)[O-].CNc1ccc(Oc2ccnc(C=O)c2)cc1[N+](=O)[O-].N.O.O.[Na+]. The van der Waals surface area contributed by atoms with Crippen molar-refractivity contribution in [1.29, 1.82) is 0 Å². The number of aldehydes is 1. The monoisotopic (exact) mass is 1230 g/mol. The molecule has 0 atom stereocenters. The van der Waals surface area contributed by atoms with E-state index in [1.807, 2.05) is 0 Å². The van der Waals surface area contributed by atoms with Crippen LogP contribution in [-0.4, -0.2) is 85.5 Å². The van der Waals surface area contributed by atoms with E-state index in [9.17, 15) is 52.6 Å². The number of alkyl halides is 6. The van der Waals surface area contributed by atoms with Crippen molar-refractivity contribution in [3.8, 4) is 34.5 Å². The fraction of sp³-hybridized carbons (Fsp3) is 0.189. The van der Waals surface area contributed by atoms with Gasteiger partial charge in [-0.25, -0.2) is 4.98 Å². The molecule has 0 aliphatic heterocycles. The van der Waals surface area contributed by atoms with E-state index in [2.05, 4.69) is 94.3 Å². The number of ketones is 2. The quantitative estimate of drug-likeness (QED) is 0.0275. The largest absolute Gasteiger partial charge is 1.00 e. The molecule has 23 nitrogen and oxygen atoms in total. The molecule has 68 heavy (non-hydrogen) atoms. The first-order chi connectivity index (χ1) is 29.7. The van der Waals surface area contributed by atoms with Crippen molar-refractivity contribution in [3.63, 3.8) is 0 Å². The van der Waals surface area contributed by atoms with Crippen molar-refractivity contribution in [1.82, 2.24) is 26.1 Å². The van der Waals surface area contributed by atoms with Gasteiger partial charge >= 0.3 is 35.7 Å². The van der Waals surface area contributed by atoms with Crippen molar-refractivity contribution < 1.29 is 102 Å². The smallest absolute Gasteiger partial charge is 0.550 e. The number of pyridine rings is 2. The summed E-state index contributed by atoms with van der Waals surface area (Å²) >= 11 is 11.5. The van der Waals surface area contributed by atoms with Crippen LogP contribution in [0, 0.1) is 20.2 Å². The Morgan fingerprint density at radius 3 is 1.46 bits per heavy atom. The Morgan fingerprint density at radius 1 is 0.750 bits per heavy atom. The van der Waals surface area contributed by atoms with Gasteiger partial charge in [-0.2, -0.15) is 13.2 Å². The van der Waals surface area contributed by atoms with Gasteiger partial charge in [0.05, 0.1) is 28.2 Å². The molecule has 0 fully saturated rings. The normalized spacial score (nSPS) is 9.59. The molecule has 0 saturated carbocycles. The number of Topliss-reactive ketones (excluding diaryl/α,β-unsaturated/α-hetero) is 2. The third-order valence-electron chi connectivity index (χ3n) is 6.75. The molecule has 3 aromatic heterocycles. The number of H-pyrrole nitrogens is 1. The number of halogens is 7. The summed E-state index contributed by atoms with van der Waals surface area (Å²) in [6, 6.07) is 14.6. The molecule has 2 aromatic carbocycles. The van der Waals surface area contributed by atoms with Gasteiger partial charge in [-0.3, -0.25) is 49.4 Å². The number of hydrogen-bond donors (Lipinski definition) is 4. The number of ether oxygens (including phenoxy) is 2. The van der Waals surface area contributed by atoms with E-state index in [4.69, 9.17) is 19.4 Å². The minimum atomic E-state index is -4.55. The first kappa shape index (κ1) is 69.3. The maximum Gasteiger partial charge on any atom is 1.00 e. The minimum Gasteiger partial charge on any atom is -0.550 e. The molecule has 0 spiro atoms. The maximum atomic E-state index is 12.7. The van der Waals surface area contributed by atoms with Crippen LogP contribution in [0.25, 0.3) is 11.5 Å². The summed E-state index contributed by atoms with van der Waals surface area (Å²) in [5, 5.41) is 36.4. The average Bonchev–Trinajstić information content (AvgIpc) is 3.73. The zero-order valence-electron chi connectivity index (χ0n) is 36.1. The number of nitrogens with one attached hydrogen (secondary N) is 3. The third kappa shape index (κ3) is 25.7. The third-order valence-corrected chi connectivity index (χ3v) is 8.98. The van der Waals surface area contributed by atoms with Gasteiger partial charge in [0.2, 0.25) is 5.78 Å². The number of nitro groups is 2. The van der Waals surface area contributed by atoms with Crippen molar-refractivity contribution in [3.05, 3.63) is 111 Å². The van der Waals surface area contributed by atoms with Crippen molar-refractivity contribution in [2.45, 2.75) is 29.1 Å². The molecule has 0 aliphatic carbocycles. The molecule has 31 heteroatoms. The molecular formula is C37H39Br4F3N9NaO14. The molecule has 0 unspecified atom stereocenters. The van der Waals surface area contributed by atoms with Gasteiger partial charge in [-0.1, -0.05) is 47.8 Å². The Labute approximate surface area is 439 Å². The van der Waals surface area contributed by atoms with Crippen LogP contribution >= 0.6 is 63.7 Å². The number of rotatable bonds is 11. The van der Waals surface area contributed by atoms with E-state index in [0.717, 1.165) is 6.92 Å². The molecular weight excluding hydrogens is 1190 g/mol. The number of benzene rings is 2. The molecule has 3 heterocycles. The summed E-state index contributed by atoms with van der Waals surface area (Å²) in [7, 11) is 3.15. The number of carboxylic acid groups (broad SMARTS) is 1. The molecule has 366 valence electrons. The number of nitro benzene ring substituents is 2. The van der Waals surface area contributed by atoms with Crippen LogP contribution < -0.4 is 60.9 Å². The van der Waals surface area contributed by atoms with Crippen molar-refractivity contribution in [2.75, 3.05) is 24.7 Å². The van der Waals surface area contributed by atoms with E-state index in [1.165, 1.54) is 68.7 Å². The molecule has 0 saturated heterocycles. The van der Waals surface area contributed by atoms with Crippen LogP contribution in [0.3, 0.4) is 0 Å². The zero-order chi connectivity index (χ0) is 48.9. The summed E-state index contributed by atoms with van der Waals surface area (Å²) in [5.41, 5.74) is -0.194. The second kappa shape index (κ2) is 33.2. The predicted octanol–water partition coefficient (Wildman–Crippen LogP) is 4.05. The number of anilines is 2. The van der Waals surface area contributed by atoms with Crippen LogP contribution in [-0.2, 0) is 25.4 Å². The van der Waals surface area contributed by atoms with E-state index >= 15 is 0 Å². The summed E-state index contributed by atoms with van der Waals surface area (Å²) in [5.74, 6) is -0.524. The number of carboxylic acids is 1. The molecule has 5 aromatic rings. The van der Waals surface area contributed by atoms with Crippen LogP contribution in [0.4, 0.5) is 35.9 Å². The van der Waals surface area contributed by atoms with Gasteiger partial charge in [-0.05, 0) is 50.2 Å². The van der Waals surface area contributed by atoms with Crippen LogP contribution in [0.5, 0.6) is 23.0 Å². The number of imidazole rings is 1. The number of hydrogen-bond acceptors (Lipinski definition) is 18. The molecule has 5 rings (SSSR count). The average molecular weight is 1230 g/mol. The number of aliphatic carboxylic acids is 1. The second-order valence-electron chi connectivity index (χ2n) is 11.5. The van der Waals surface area contributed by atoms with E-state index in [0.29, 0.717) is 35.4 Å². The van der Waals surface area contributed by atoms with Crippen molar-refractivity contribution >= 4 is 115 Å². The fourth-order valence-electron chi connectivity index (χ4n) is 3.90. The summed E-state index contributed by atoms with van der Waals surface area (Å²) in [6.07, 6.45) is -0.524. The minimum absolute atomic E-state index is 0. The summed E-state index contributed by atoms with van der Waals surface area (Å²) < 4.78 is 47.8. The van der Waals surface area contributed by atoms with Gasteiger partial charge in [0.1, 0.15) is 51.5 Å². The van der Waals surface area contributed by atoms with Gasteiger partial charge in [0.15, 0.2) is 20.0 Å². The molecule has 0 aliphatic rings. The van der Waals surface area contributed by atoms with Crippen LogP contribution in [0.2, 0.25) is 0 Å². The topological polar surface area (TPSA) is 390 Å². The number of carbonyl (C=O) groups excluding carboxylic acids is 5. The number of aromatic amines is 1. The molecule has 10 N–H and O–H groups in total. The van der Waals surface area contributed by atoms with Crippen LogP contribution in [0.1, 0.15) is 37.0 Å². The fourth-order valence-corrected chi connectivity index (χ4v) is 3.90. The van der Waals surface area contributed by atoms with E-state index in [1.54, 1.807) is 32.3 Å². The van der Waals surface area contributed by atoms with E-state index in [-0.39, 0.29) is 92.5 Å². The van der Waals surface area contributed by atoms with Gasteiger partial charge in [0, 0.05) is 67.4 Å². The Bertz CT molecular complexity index is 2450. The van der Waals surface area contributed by atoms with Crippen LogP contribution in [0.15, 0.2) is 79.3 Å². The Balaban J connectivity index is -0.000000439. The number of carbonyl (C=O) groups is 5. The summed E-state index contributed by atoms with van der Waals surface area (Å²) in [6.45, 7) is 3.65. The van der Waals surface area contributed by atoms with Gasteiger partial charge < -0.3 is 52.1 Å². The molecule has 0 amide bonds.